The molecule has 0 saturated heterocycles. The van der Waals surface area contributed by atoms with E-state index in [1.165, 1.54) is 0 Å². The van der Waals surface area contributed by atoms with Crippen LogP contribution < -0.4 is 5.73 Å². The molecule has 1 rings (SSSR count). The number of carbonyl (C=O) groups is 1. The highest BCUT2D eigenvalue weighted by molar-refractivity contribution is 5.98. The molecule has 0 spiro atoms. The lowest BCUT2D eigenvalue weighted by atomic mass is 10.2. The Balaban J connectivity index is 2.73. The minimum atomic E-state index is -0.536. The van der Waals surface area contributed by atoms with Crippen molar-refractivity contribution in [1.29, 1.82) is 0 Å². The largest absolute Gasteiger partial charge is 0.390 e. The molecule has 0 fully saturated rings. The van der Waals surface area contributed by atoms with E-state index in [9.17, 15) is 4.79 Å². The standard InChI is InChI=1S/C10H8N2O/c11-8-12-10(13)7-6-9-4-2-1-3-5-9/h1-5,8H,(H2,11,12,13). The Morgan fingerprint density at radius 1 is 1.38 bits per heavy atom. The lowest BCUT2D eigenvalue weighted by molar-refractivity contribution is -0.112. The average Bonchev–Trinajstić information content (AvgIpc) is 2.17. The molecule has 0 unspecified atom stereocenters. The monoisotopic (exact) mass is 172 g/mol. The molecular weight excluding hydrogens is 164 g/mol. The smallest absolute Gasteiger partial charge is 0.323 e. The maximum absolute atomic E-state index is 10.8. The van der Waals surface area contributed by atoms with Gasteiger partial charge in [0.15, 0.2) is 0 Å². The van der Waals surface area contributed by atoms with E-state index in [4.69, 9.17) is 5.73 Å². The fourth-order valence-corrected chi connectivity index (χ4v) is 0.747. The lowest BCUT2D eigenvalue weighted by Crippen LogP contribution is -1.94. The van der Waals surface area contributed by atoms with E-state index in [1.54, 1.807) is 0 Å². The van der Waals surface area contributed by atoms with E-state index in [1.807, 2.05) is 30.3 Å². The SMILES string of the molecule is NC=NC(=O)C#Cc1ccccc1. The second kappa shape index (κ2) is 4.73. The minimum Gasteiger partial charge on any atom is -0.390 e. The maximum atomic E-state index is 10.8. The predicted octanol–water partition coefficient (Wildman–Crippen LogP) is 0.552. The third-order valence-electron chi connectivity index (χ3n) is 1.28. The Bertz CT molecular complexity index is 371. The Hall–Kier alpha value is -2.08. The van der Waals surface area contributed by atoms with Gasteiger partial charge in [0.25, 0.3) is 0 Å². The van der Waals surface area contributed by atoms with Crippen LogP contribution in [-0.4, -0.2) is 12.2 Å². The molecule has 3 heteroatoms. The van der Waals surface area contributed by atoms with Crippen LogP contribution in [-0.2, 0) is 4.79 Å². The molecule has 0 heterocycles. The van der Waals surface area contributed by atoms with Crippen molar-refractivity contribution in [3.05, 3.63) is 35.9 Å². The molecule has 0 atom stereocenters. The van der Waals surface area contributed by atoms with E-state index < -0.39 is 5.91 Å². The number of aliphatic imine (C=N–C) groups is 1. The normalized spacial score (nSPS) is 9.23. The van der Waals surface area contributed by atoms with Crippen molar-refractivity contribution in [2.45, 2.75) is 0 Å². The number of amides is 1. The zero-order valence-corrected chi connectivity index (χ0v) is 6.90. The van der Waals surface area contributed by atoms with Crippen molar-refractivity contribution < 1.29 is 4.79 Å². The number of rotatable bonds is 0. The molecular formula is C10H8N2O. The van der Waals surface area contributed by atoms with E-state index in [0.717, 1.165) is 11.9 Å². The fourth-order valence-electron chi connectivity index (χ4n) is 0.747. The van der Waals surface area contributed by atoms with Crippen LogP contribution in [0, 0.1) is 11.8 Å². The Kier molecular flexibility index (Phi) is 3.28. The molecule has 0 saturated carbocycles. The number of carbonyl (C=O) groups excluding carboxylic acids is 1. The molecule has 3 nitrogen and oxygen atoms in total. The fraction of sp³-hybridized carbons (Fsp3) is 0. The average molecular weight is 172 g/mol. The van der Waals surface area contributed by atoms with Crippen LogP contribution in [0.15, 0.2) is 35.3 Å². The van der Waals surface area contributed by atoms with Gasteiger partial charge < -0.3 is 5.73 Å². The lowest BCUT2D eigenvalue weighted by Gasteiger charge is -1.84. The number of nitrogens with zero attached hydrogens (tertiary/aromatic N) is 1. The molecule has 1 amide bonds. The molecule has 0 aromatic heterocycles. The van der Waals surface area contributed by atoms with Gasteiger partial charge in [-0.25, -0.2) is 0 Å². The molecule has 2 N–H and O–H groups in total. The van der Waals surface area contributed by atoms with Gasteiger partial charge in [-0.2, -0.15) is 4.99 Å². The third-order valence-corrected chi connectivity index (χ3v) is 1.28. The van der Waals surface area contributed by atoms with E-state index in [2.05, 4.69) is 16.8 Å². The summed E-state index contributed by atoms with van der Waals surface area (Å²) in [6.45, 7) is 0. The highest BCUT2D eigenvalue weighted by Crippen LogP contribution is 1.94. The van der Waals surface area contributed by atoms with Crippen LogP contribution in [0.2, 0.25) is 0 Å². The number of benzene rings is 1. The van der Waals surface area contributed by atoms with Crippen molar-refractivity contribution in [3.63, 3.8) is 0 Å². The second-order valence-corrected chi connectivity index (χ2v) is 2.20. The van der Waals surface area contributed by atoms with Gasteiger partial charge in [0.1, 0.15) is 0 Å². The van der Waals surface area contributed by atoms with E-state index >= 15 is 0 Å². The first-order chi connectivity index (χ1) is 6.33. The van der Waals surface area contributed by atoms with Crippen molar-refractivity contribution in [3.8, 4) is 11.8 Å². The summed E-state index contributed by atoms with van der Waals surface area (Å²) in [5.41, 5.74) is 5.70. The molecule has 0 aliphatic carbocycles. The van der Waals surface area contributed by atoms with Gasteiger partial charge in [0.05, 0.1) is 6.34 Å². The molecule has 0 aliphatic heterocycles. The summed E-state index contributed by atoms with van der Waals surface area (Å²) in [4.78, 5) is 14.0. The van der Waals surface area contributed by atoms with Crippen LogP contribution in [0.4, 0.5) is 0 Å². The number of hydrogen-bond acceptors (Lipinski definition) is 1. The van der Waals surface area contributed by atoms with Crippen molar-refractivity contribution >= 4 is 12.2 Å². The van der Waals surface area contributed by atoms with Crippen molar-refractivity contribution in [2.75, 3.05) is 0 Å². The maximum Gasteiger partial charge on any atom is 0.323 e. The van der Waals surface area contributed by atoms with E-state index in [0.29, 0.717) is 0 Å². The summed E-state index contributed by atoms with van der Waals surface area (Å²) in [6, 6.07) is 9.20. The van der Waals surface area contributed by atoms with E-state index in [-0.39, 0.29) is 0 Å². The minimum absolute atomic E-state index is 0.536. The van der Waals surface area contributed by atoms with Gasteiger partial charge in [-0.1, -0.05) is 24.1 Å². The molecule has 1 aromatic carbocycles. The molecule has 64 valence electrons. The first-order valence-electron chi connectivity index (χ1n) is 3.68. The van der Waals surface area contributed by atoms with Crippen LogP contribution in [0.25, 0.3) is 0 Å². The van der Waals surface area contributed by atoms with Gasteiger partial charge in [-0.15, -0.1) is 0 Å². The van der Waals surface area contributed by atoms with Crippen molar-refractivity contribution in [1.82, 2.24) is 0 Å². The van der Waals surface area contributed by atoms with Gasteiger partial charge >= 0.3 is 5.91 Å². The van der Waals surface area contributed by atoms with Crippen LogP contribution in [0.5, 0.6) is 0 Å². The number of nitrogens with two attached hydrogens (primary N) is 1. The van der Waals surface area contributed by atoms with Gasteiger partial charge in [0.2, 0.25) is 0 Å². The van der Waals surface area contributed by atoms with Crippen LogP contribution >= 0.6 is 0 Å². The zero-order chi connectivity index (χ0) is 9.52. The van der Waals surface area contributed by atoms with Gasteiger partial charge in [0, 0.05) is 11.5 Å². The molecule has 13 heavy (non-hydrogen) atoms. The Morgan fingerprint density at radius 3 is 2.69 bits per heavy atom. The van der Waals surface area contributed by atoms with Gasteiger partial charge in [-0.05, 0) is 12.1 Å². The Morgan fingerprint density at radius 2 is 2.08 bits per heavy atom. The Labute approximate surface area is 76.3 Å². The third kappa shape index (κ3) is 3.21. The summed E-state index contributed by atoms with van der Waals surface area (Å²) >= 11 is 0. The van der Waals surface area contributed by atoms with Gasteiger partial charge in [-0.3, -0.25) is 4.79 Å². The quantitative estimate of drug-likeness (QED) is 0.353. The molecule has 0 aliphatic rings. The van der Waals surface area contributed by atoms with Crippen LogP contribution in [0.3, 0.4) is 0 Å². The zero-order valence-electron chi connectivity index (χ0n) is 6.90. The summed E-state index contributed by atoms with van der Waals surface area (Å²) in [5.74, 6) is 4.46. The summed E-state index contributed by atoms with van der Waals surface area (Å²) in [7, 11) is 0. The molecule has 1 aromatic rings. The molecule has 0 bridgehead atoms. The highest BCUT2D eigenvalue weighted by Gasteiger charge is 1.87. The van der Waals surface area contributed by atoms with Crippen LogP contribution in [0.1, 0.15) is 5.56 Å². The number of hydrogen-bond donors (Lipinski definition) is 1. The summed E-state index contributed by atoms with van der Waals surface area (Å²) < 4.78 is 0. The molecule has 0 radical (unpaired) electrons. The van der Waals surface area contributed by atoms with Crippen molar-refractivity contribution in [2.24, 2.45) is 10.7 Å². The first-order valence-corrected chi connectivity index (χ1v) is 3.68. The topological polar surface area (TPSA) is 55.4 Å². The summed E-state index contributed by atoms with van der Waals surface area (Å²) in [5, 5.41) is 0. The summed E-state index contributed by atoms with van der Waals surface area (Å²) in [6.07, 6.45) is 0.933. The highest BCUT2D eigenvalue weighted by atomic mass is 16.1. The first kappa shape index (κ1) is 9.01. The second-order valence-electron chi connectivity index (χ2n) is 2.20. The predicted molar refractivity (Wildman–Crippen MR) is 51.0 cm³/mol.